The minimum absolute atomic E-state index is 0.0183. The second kappa shape index (κ2) is 10.6. The molecular formula is C22H19Br2ClN4O4. The minimum Gasteiger partial charge on any atom is -0.459 e. The Bertz CT molecular complexity index is 1480. The van der Waals surface area contributed by atoms with Gasteiger partial charge in [-0.25, -0.2) is 9.97 Å². The Morgan fingerprint density at radius 3 is 1.82 bits per heavy atom. The summed E-state index contributed by atoms with van der Waals surface area (Å²) in [6.45, 7) is 4.98. The van der Waals surface area contributed by atoms with Crippen molar-refractivity contribution in [1.82, 2.24) is 18.8 Å². The molecule has 4 heterocycles. The summed E-state index contributed by atoms with van der Waals surface area (Å²) < 4.78 is 8.67. The van der Waals surface area contributed by atoms with Crippen LogP contribution in [0.25, 0.3) is 11.3 Å². The number of hydrogen-bond acceptors (Lipinski definition) is 6. The summed E-state index contributed by atoms with van der Waals surface area (Å²) >= 11 is 12.1. The van der Waals surface area contributed by atoms with E-state index in [9.17, 15) is 14.4 Å². The summed E-state index contributed by atoms with van der Waals surface area (Å²) in [5.74, 6) is -0.187. The van der Waals surface area contributed by atoms with Crippen LogP contribution in [0.15, 0.2) is 54.9 Å². The molecule has 172 valence electrons. The van der Waals surface area contributed by atoms with Crippen molar-refractivity contribution in [1.29, 1.82) is 0 Å². The van der Waals surface area contributed by atoms with E-state index < -0.39 is 5.97 Å². The third-order valence-electron chi connectivity index (χ3n) is 4.66. The van der Waals surface area contributed by atoms with Gasteiger partial charge in [-0.2, -0.15) is 0 Å². The predicted molar refractivity (Wildman–Crippen MR) is 133 cm³/mol. The Kier molecular flexibility index (Phi) is 8.04. The van der Waals surface area contributed by atoms with Crippen LogP contribution in [0.5, 0.6) is 0 Å². The van der Waals surface area contributed by atoms with Crippen LogP contribution in [0.2, 0.25) is 0 Å². The molecule has 8 nitrogen and oxygen atoms in total. The molecule has 0 aliphatic carbocycles. The molecule has 0 amide bonds. The van der Waals surface area contributed by atoms with Gasteiger partial charge in [-0.1, -0.05) is 12.1 Å². The van der Waals surface area contributed by atoms with Gasteiger partial charge < -0.3 is 4.74 Å². The summed E-state index contributed by atoms with van der Waals surface area (Å²) in [5, 5.41) is 0. The topological polar surface area (TPSA) is 95.0 Å². The highest BCUT2D eigenvalue weighted by Gasteiger charge is 2.12. The Labute approximate surface area is 210 Å². The molecule has 0 saturated heterocycles. The second-order valence-corrected chi connectivity index (χ2v) is 8.84. The van der Waals surface area contributed by atoms with Crippen molar-refractivity contribution in [3.8, 4) is 0 Å². The maximum Gasteiger partial charge on any atom is 0.303 e. The number of esters is 1. The number of nitrogens with zero attached hydrogens (tertiary/aromatic N) is 4. The van der Waals surface area contributed by atoms with E-state index in [1.807, 2.05) is 38.1 Å². The maximum atomic E-state index is 12.2. The van der Waals surface area contributed by atoms with Gasteiger partial charge in [0, 0.05) is 18.3 Å². The molecule has 0 bridgehead atoms. The first-order valence-electron chi connectivity index (χ1n) is 9.68. The van der Waals surface area contributed by atoms with Crippen molar-refractivity contribution in [3.05, 3.63) is 88.8 Å². The molecule has 0 spiro atoms. The molecule has 11 heteroatoms. The number of fused-ring (bicyclic) bond motifs is 2. The summed E-state index contributed by atoms with van der Waals surface area (Å²) in [6, 6.07) is 10.9. The smallest absolute Gasteiger partial charge is 0.303 e. The lowest BCUT2D eigenvalue weighted by molar-refractivity contribution is -0.142. The molecular weight excluding hydrogens is 580 g/mol. The standard InChI is InChI=1S/C12H11BrN2O3.C10H8BrClN2O/c1-7-4-3-5-10-14-9(6-18-8(2)16)11(13)12(17)15(7)10;1-6-3-2-4-8-13-7(5-12)9(11)10(15)14(6)8/h3-5H,6H2,1-2H3;2-4H,5H2,1H3. The van der Waals surface area contributed by atoms with Crippen LogP contribution >= 0.6 is 43.5 Å². The van der Waals surface area contributed by atoms with E-state index in [1.54, 1.807) is 16.5 Å². The summed E-state index contributed by atoms with van der Waals surface area (Å²) in [4.78, 5) is 43.5. The van der Waals surface area contributed by atoms with Crippen molar-refractivity contribution in [2.45, 2.75) is 33.3 Å². The van der Waals surface area contributed by atoms with Gasteiger partial charge in [0.2, 0.25) is 0 Å². The molecule has 0 radical (unpaired) electrons. The van der Waals surface area contributed by atoms with Crippen molar-refractivity contribution in [2.24, 2.45) is 0 Å². The van der Waals surface area contributed by atoms with Crippen LogP contribution in [0, 0.1) is 13.8 Å². The van der Waals surface area contributed by atoms with Gasteiger partial charge in [0.25, 0.3) is 11.1 Å². The zero-order valence-corrected chi connectivity index (χ0v) is 21.9. The maximum absolute atomic E-state index is 12.2. The van der Waals surface area contributed by atoms with Gasteiger partial charge in [0.1, 0.15) is 32.5 Å². The highest BCUT2D eigenvalue weighted by molar-refractivity contribution is 9.10. The van der Waals surface area contributed by atoms with E-state index in [0.29, 0.717) is 31.6 Å². The van der Waals surface area contributed by atoms with E-state index in [1.165, 1.54) is 11.3 Å². The first-order chi connectivity index (χ1) is 15.6. The lowest BCUT2D eigenvalue weighted by atomic mass is 10.3. The largest absolute Gasteiger partial charge is 0.459 e. The van der Waals surface area contributed by atoms with Gasteiger partial charge in [-0.3, -0.25) is 23.2 Å². The summed E-state index contributed by atoms with van der Waals surface area (Å²) in [5.41, 5.74) is 3.47. The Morgan fingerprint density at radius 2 is 1.36 bits per heavy atom. The number of carbonyl (C=O) groups excluding carboxylic acids is 1. The van der Waals surface area contributed by atoms with Gasteiger partial charge in [-0.15, -0.1) is 11.6 Å². The number of alkyl halides is 1. The van der Waals surface area contributed by atoms with Crippen LogP contribution in [0.3, 0.4) is 0 Å². The fourth-order valence-corrected chi connectivity index (χ4v) is 4.22. The first kappa shape index (κ1) is 25.1. The number of hydrogen-bond donors (Lipinski definition) is 0. The molecule has 4 aromatic heterocycles. The van der Waals surface area contributed by atoms with E-state index >= 15 is 0 Å². The zero-order valence-electron chi connectivity index (χ0n) is 17.9. The van der Waals surface area contributed by atoms with E-state index in [2.05, 4.69) is 41.8 Å². The normalized spacial score (nSPS) is 10.7. The monoisotopic (exact) mass is 596 g/mol. The van der Waals surface area contributed by atoms with E-state index in [-0.39, 0.29) is 23.6 Å². The van der Waals surface area contributed by atoms with E-state index in [0.717, 1.165) is 11.4 Å². The van der Waals surface area contributed by atoms with Crippen molar-refractivity contribution >= 4 is 60.7 Å². The molecule has 0 fully saturated rings. The molecule has 0 atom stereocenters. The lowest BCUT2D eigenvalue weighted by Crippen LogP contribution is -2.20. The van der Waals surface area contributed by atoms with Crippen LogP contribution < -0.4 is 11.1 Å². The van der Waals surface area contributed by atoms with Crippen molar-refractivity contribution < 1.29 is 9.53 Å². The van der Waals surface area contributed by atoms with Crippen LogP contribution in [0.4, 0.5) is 0 Å². The predicted octanol–water partition coefficient (Wildman–Crippen LogP) is 4.33. The summed E-state index contributed by atoms with van der Waals surface area (Å²) in [6.07, 6.45) is 0. The fourth-order valence-electron chi connectivity index (χ4n) is 3.08. The molecule has 0 aromatic carbocycles. The average Bonchev–Trinajstić information content (AvgIpc) is 2.78. The number of carbonyl (C=O) groups is 1. The number of rotatable bonds is 3. The van der Waals surface area contributed by atoms with Crippen LogP contribution in [0.1, 0.15) is 29.7 Å². The van der Waals surface area contributed by atoms with Gasteiger partial charge >= 0.3 is 5.97 Å². The van der Waals surface area contributed by atoms with Crippen LogP contribution in [-0.2, 0) is 22.0 Å². The number of aryl methyl sites for hydroxylation is 2. The van der Waals surface area contributed by atoms with Gasteiger partial charge in [0.15, 0.2) is 0 Å². The Balaban J connectivity index is 0.000000189. The molecule has 4 aromatic rings. The highest BCUT2D eigenvalue weighted by Crippen LogP contribution is 2.15. The number of halogens is 3. The number of aromatic nitrogens is 4. The molecule has 33 heavy (non-hydrogen) atoms. The molecule has 0 saturated carbocycles. The molecule has 4 rings (SSSR count). The molecule has 0 unspecified atom stereocenters. The summed E-state index contributed by atoms with van der Waals surface area (Å²) in [7, 11) is 0. The zero-order chi connectivity index (χ0) is 24.3. The molecule has 0 N–H and O–H groups in total. The fraction of sp³-hybridized carbons (Fsp3) is 0.227. The SMILES string of the molecule is CC(=O)OCc1nc2cccc(C)n2c(=O)c1Br.Cc1cccc2nc(CCl)c(Br)c(=O)n12. The first-order valence-corrected chi connectivity index (χ1v) is 11.8. The minimum atomic E-state index is -0.409. The second-order valence-electron chi connectivity index (χ2n) is 6.99. The third-order valence-corrected chi connectivity index (χ3v) is 6.50. The average molecular weight is 599 g/mol. The highest BCUT2D eigenvalue weighted by atomic mass is 79.9. The molecule has 0 aliphatic rings. The van der Waals surface area contributed by atoms with E-state index in [4.69, 9.17) is 16.3 Å². The molecule has 0 aliphatic heterocycles. The Morgan fingerprint density at radius 1 is 0.909 bits per heavy atom. The van der Waals surface area contributed by atoms with Gasteiger partial charge in [0.05, 0.1) is 11.6 Å². The third kappa shape index (κ3) is 5.34. The van der Waals surface area contributed by atoms with Crippen LogP contribution in [-0.4, -0.2) is 24.7 Å². The van der Waals surface area contributed by atoms with Gasteiger partial charge in [-0.05, 0) is 70.0 Å². The quantitative estimate of drug-likeness (QED) is 0.257. The lowest BCUT2D eigenvalue weighted by Gasteiger charge is -2.08. The Hall–Kier alpha value is -2.56. The van der Waals surface area contributed by atoms with Crippen molar-refractivity contribution in [3.63, 3.8) is 0 Å². The number of pyridine rings is 2. The number of ether oxygens (including phenoxy) is 1. The van der Waals surface area contributed by atoms with Crippen molar-refractivity contribution in [2.75, 3.05) is 0 Å².